The molecule has 0 aliphatic rings. The molecule has 3 heteroatoms. The predicted octanol–water partition coefficient (Wildman–Crippen LogP) is 7.09. The Labute approximate surface area is 182 Å². The van der Waals surface area contributed by atoms with E-state index in [0.29, 0.717) is 12.8 Å². The van der Waals surface area contributed by atoms with Crippen molar-refractivity contribution in [1.29, 1.82) is 0 Å². The molecule has 2 aromatic carbocycles. The van der Waals surface area contributed by atoms with Crippen LogP contribution in [0.4, 0.5) is 4.79 Å². The SMILES string of the molecule is CCCc1ccc(CC(CC)OC(=O)OC(CC)Cc2ccc(CCC)cc2)cc1. The topological polar surface area (TPSA) is 35.5 Å². The third-order valence-electron chi connectivity index (χ3n) is 5.49. The van der Waals surface area contributed by atoms with Crippen LogP contribution in [0.3, 0.4) is 0 Å². The first-order valence-electron chi connectivity index (χ1n) is 11.6. The van der Waals surface area contributed by atoms with Gasteiger partial charge >= 0.3 is 6.16 Å². The Morgan fingerprint density at radius 2 is 0.967 bits per heavy atom. The van der Waals surface area contributed by atoms with Crippen molar-refractivity contribution in [3.8, 4) is 0 Å². The summed E-state index contributed by atoms with van der Waals surface area (Å²) in [5.74, 6) is 0. The van der Waals surface area contributed by atoms with Crippen LogP contribution in [0.25, 0.3) is 0 Å². The number of carbonyl (C=O) groups is 1. The van der Waals surface area contributed by atoms with Crippen molar-refractivity contribution < 1.29 is 14.3 Å². The van der Waals surface area contributed by atoms with Crippen molar-refractivity contribution in [3.05, 3.63) is 70.8 Å². The Morgan fingerprint density at radius 3 is 1.27 bits per heavy atom. The Hall–Kier alpha value is -2.29. The Balaban J connectivity index is 1.85. The Morgan fingerprint density at radius 1 is 0.633 bits per heavy atom. The summed E-state index contributed by atoms with van der Waals surface area (Å²) in [7, 11) is 0. The summed E-state index contributed by atoms with van der Waals surface area (Å²) in [6.07, 6.45) is 6.56. The highest BCUT2D eigenvalue weighted by Gasteiger charge is 2.19. The van der Waals surface area contributed by atoms with Gasteiger partial charge in [0.25, 0.3) is 0 Å². The molecule has 0 aromatic heterocycles. The monoisotopic (exact) mass is 410 g/mol. The summed E-state index contributed by atoms with van der Waals surface area (Å²) in [6, 6.07) is 17.2. The molecule has 0 heterocycles. The highest BCUT2D eigenvalue weighted by atomic mass is 16.7. The molecule has 0 saturated carbocycles. The third-order valence-corrected chi connectivity index (χ3v) is 5.49. The number of benzene rings is 2. The number of rotatable bonds is 12. The molecule has 0 aliphatic heterocycles. The van der Waals surface area contributed by atoms with Gasteiger partial charge in [0.1, 0.15) is 12.2 Å². The highest BCUT2D eigenvalue weighted by Crippen LogP contribution is 2.16. The maximum atomic E-state index is 12.4. The molecule has 3 nitrogen and oxygen atoms in total. The second-order valence-corrected chi connectivity index (χ2v) is 8.09. The zero-order valence-corrected chi connectivity index (χ0v) is 19.2. The molecule has 2 aromatic rings. The van der Waals surface area contributed by atoms with Gasteiger partial charge in [-0.25, -0.2) is 4.79 Å². The molecule has 0 radical (unpaired) electrons. The van der Waals surface area contributed by atoms with Crippen molar-refractivity contribution in [2.24, 2.45) is 0 Å². The van der Waals surface area contributed by atoms with Gasteiger partial charge in [0, 0.05) is 12.8 Å². The summed E-state index contributed by atoms with van der Waals surface area (Å²) in [6.45, 7) is 8.45. The minimum Gasteiger partial charge on any atom is -0.431 e. The number of ether oxygens (including phenoxy) is 2. The van der Waals surface area contributed by atoms with Crippen LogP contribution in [0.15, 0.2) is 48.5 Å². The first-order valence-corrected chi connectivity index (χ1v) is 11.6. The molecule has 0 spiro atoms. The molecule has 30 heavy (non-hydrogen) atoms. The molecule has 2 rings (SSSR count). The number of hydrogen-bond acceptors (Lipinski definition) is 3. The second kappa shape index (κ2) is 13.1. The first kappa shape index (κ1) is 24.0. The lowest BCUT2D eigenvalue weighted by Crippen LogP contribution is -2.25. The summed E-state index contributed by atoms with van der Waals surface area (Å²) in [4.78, 5) is 12.4. The van der Waals surface area contributed by atoms with Crippen molar-refractivity contribution in [1.82, 2.24) is 0 Å². The molecular formula is C27H38O3. The van der Waals surface area contributed by atoms with Crippen LogP contribution >= 0.6 is 0 Å². The number of carbonyl (C=O) groups excluding carboxylic acids is 1. The number of aryl methyl sites for hydroxylation is 2. The van der Waals surface area contributed by atoms with Gasteiger partial charge in [-0.1, -0.05) is 89.1 Å². The van der Waals surface area contributed by atoms with Crippen LogP contribution in [0.5, 0.6) is 0 Å². The lowest BCUT2D eigenvalue weighted by molar-refractivity contribution is -0.00318. The van der Waals surface area contributed by atoms with Crippen LogP contribution < -0.4 is 0 Å². The average Bonchev–Trinajstić information content (AvgIpc) is 2.75. The molecule has 0 fully saturated rings. The van der Waals surface area contributed by atoms with Gasteiger partial charge in [-0.05, 0) is 47.9 Å². The van der Waals surface area contributed by atoms with Gasteiger partial charge in [-0.15, -0.1) is 0 Å². The largest absolute Gasteiger partial charge is 0.508 e. The molecule has 0 bridgehead atoms. The molecule has 2 unspecified atom stereocenters. The van der Waals surface area contributed by atoms with Crippen LogP contribution in [-0.2, 0) is 35.2 Å². The van der Waals surface area contributed by atoms with E-state index in [-0.39, 0.29) is 12.2 Å². The maximum absolute atomic E-state index is 12.4. The summed E-state index contributed by atoms with van der Waals surface area (Å²) >= 11 is 0. The van der Waals surface area contributed by atoms with Gasteiger partial charge in [-0.2, -0.15) is 0 Å². The molecular weight excluding hydrogens is 372 g/mol. The highest BCUT2D eigenvalue weighted by molar-refractivity contribution is 5.60. The van der Waals surface area contributed by atoms with Crippen LogP contribution in [0.1, 0.15) is 75.6 Å². The van der Waals surface area contributed by atoms with E-state index in [9.17, 15) is 4.79 Å². The van der Waals surface area contributed by atoms with Gasteiger partial charge in [0.05, 0.1) is 0 Å². The normalized spacial score (nSPS) is 12.9. The standard InChI is InChI=1S/C27H38O3/c1-5-9-21-11-15-23(16-12-21)19-25(7-3)29-27(28)30-26(8-4)20-24-17-13-22(10-6-2)14-18-24/h11-18,25-26H,5-10,19-20H2,1-4H3. The van der Waals surface area contributed by atoms with Crippen molar-refractivity contribution in [3.63, 3.8) is 0 Å². The Bertz CT molecular complexity index is 670. The van der Waals surface area contributed by atoms with E-state index < -0.39 is 6.16 Å². The fourth-order valence-corrected chi connectivity index (χ4v) is 3.63. The van der Waals surface area contributed by atoms with Crippen LogP contribution in [0.2, 0.25) is 0 Å². The summed E-state index contributed by atoms with van der Waals surface area (Å²) in [5, 5.41) is 0. The zero-order chi connectivity index (χ0) is 21.8. The van der Waals surface area contributed by atoms with E-state index in [0.717, 1.165) is 38.5 Å². The van der Waals surface area contributed by atoms with E-state index in [1.165, 1.54) is 22.3 Å². The van der Waals surface area contributed by atoms with Gasteiger partial charge in [0.2, 0.25) is 0 Å². The van der Waals surface area contributed by atoms with E-state index >= 15 is 0 Å². The third kappa shape index (κ3) is 8.22. The van der Waals surface area contributed by atoms with E-state index in [4.69, 9.17) is 9.47 Å². The maximum Gasteiger partial charge on any atom is 0.508 e. The lowest BCUT2D eigenvalue weighted by Gasteiger charge is -2.20. The van der Waals surface area contributed by atoms with Crippen LogP contribution in [0, 0.1) is 0 Å². The van der Waals surface area contributed by atoms with Gasteiger partial charge in [-0.3, -0.25) is 0 Å². The molecule has 0 amide bonds. The first-order chi connectivity index (χ1) is 14.6. The van der Waals surface area contributed by atoms with Crippen molar-refractivity contribution >= 4 is 6.16 Å². The average molecular weight is 411 g/mol. The molecule has 0 saturated heterocycles. The van der Waals surface area contributed by atoms with Gasteiger partial charge in [0.15, 0.2) is 0 Å². The fourth-order valence-electron chi connectivity index (χ4n) is 3.63. The zero-order valence-electron chi connectivity index (χ0n) is 19.2. The van der Waals surface area contributed by atoms with E-state index in [1.54, 1.807) is 0 Å². The summed E-state index contributed by atoms with van der Waals surface area (Å²) < 4.78 is 11.3. The molecule has 0 aliphatic carbocycles. The molecule has 0 N–H and O–H groups in total. The Kier molecular flexibility index (Phi) is 10.5. The second-order valence-electron chi connectivity index (χ2n) is 8.09. The van der Waals surface area contributed by atoms with Crippen molar-refractivity contribution in [2.75, 3.05) is 0 Å². The van der Waals surface area contributed by atoms with Crippen molar-refractivity contribution in [2.45, 2.75) is 91.3 Å². The smallest absolute Gasteiger partial charge is 0.431 e. The molecule has 2 atom stereocenters. The molecule has 164 valence electrons. The minimum absolute atomic E-state index is 0.166. The predicted molar refractivity (Wildman–Crippen MR) is 124 cm³/mol. The van der Waals surface area contributed by atoms with E-state index in [1.807, 2.05) is 13.8 Å². The minimum atomic E-state index is -0.557. The summed E-state index contributed by atoms with van der Waals surface area (Å²) in [5.41, 5.74) is 5.08. The quantitative estimate of drug-likeness (QED) is 0.350. The number of hydrogen-bond donors (Lipinski definition) is 0. The fraction of sp³-hybridized carbons (Fsp3) is 0.519. The van der Waals surface area contributed by atoms with Crippen LogP contribution in [-0.4, -0.2) is 18.4 Å². The van der Waals surface area contributed by atoms with E-state index in [2.05, 4.69) is 62.4 Å². The lowest BCUT2D eigenvalue weighted by atomic mass is 10.0. The van der Waals surface area contributed by atoms with Gasteiger partial charge < -0.3 is 9.47 Å².